The molecule has 0 saturated carbocycles. The Morgan fingerprint density at radius 3 is 2.78 bits per heavy atom. The standard InChI is InChI=1S/C16H21ClN2O4/c1-10-5-3-4-6-19(10)15(20)9-23-16(21)11-7-12(17)13(18)8-14(11)22-2/h7-8,10H,3-6,9,18H2,1-2H3/t10-/m0/s1. The van der Waals surface area contributed by atoms with Crippen LogP contribution in [0.3, 0.4) is 0 Å². The smallest absolute Gasteiger partial charge is 0.342 e. The van der Waals surface area contributed by atoms with Gasteiger partial charge in [0.15, 0.2) is 6.61 Å². The number of ether oxygens (including phenoxy) is 2. The second-order valence-electron chi connectivity index (χ2n) is 5.58. The van der Waals surface area contributed by atoms with Crippen LogP contribution >= 0.6 is 11.6 Å². The lowest BCUT2D eigenvalue weighted by molar-refractivity contribution is -0.137. The van der Waals surface area contributed by atoms with Gasteiger partial charge in [0.05, 0.1) is 17.8 Å². The van der Waals surface area contributed by atoms with E-state index in [9.17, 15) is 9.59 Å². The molecule has 1 aliphatic heterocycles. The number of hydrogen-bond donors (Lipinski definition) is 1. The summed E-state index contributed by atoms with van der Waals surface area (Å²) in [5, 5.41) is 0.230. The monoisotopic (exact) mass is 340 g/mol. The van der Waals surface area contributed by atoms with Crippen LogP contribution in [0.4, 0.5) is 5.69 Å². The Balaban J connectivity index is 2.02. The molecule has 1 amide bonds. The van der Waals surface area contributed by atoms with Crippen molar-refractivity contribution in [1.82, 2.24) is 4.90 Å². The molecular formula is C16H21ClN2O4. The molecular weight excluding hydrogens is 320 g/mol. The average molecular weight is 341 g/mol. The topological polar surface area (TPSA) is 81.9 Å². The molecule has 1 aliphatic rings. The number of halogens is 1. The molecule has 0 radical (unpaired) electrons. The summed E-state index contributed by atoms with van der Waals surface area (Å²) in [6.45, 7) is 2.41. The summed E-state index contributed by atoms with van der Waals surface area (Å²) in [4.78, 5) is 26.1. The highest BCUT2D eigenvalue weighted by atomic mass is 35.5. The van der Waals surface area contributed by atoms with Gasteiger partial charge in [0.2, 0.25) is 0 Å². The van der Waals surface area contributed by atoms with E-state index in [1.54, 1.807) is 4.90 Å². The van der Waals surface area contributed by atoms with Crippen LogP contribution in [0.2, 0.25) is 5.02 Å². The minimum Gasteiger partial charge on any atom is -0.496 e. The average Bonchev–Trinajstić information content (AvgIpc) is 2.54. The Morgan fingerprint density at radius 2 is 2.13 bits per heavy atom. The van der Waals surface area contributed by atoms with E-state index in [1.807, 2.05) is 6.92 Å². The van der Waals surface area contributed by atoms with Gasteiger partial charge < -0.3 is 20.1 Å². The van der Waals surface area contributed by atoms with Gasteiger partial charge in [0.1, 0.15) is 11.3 Å². The molecule has 1 aromatic carbocycles. The van der Waals surface area contributed by atoms with Gasteiger partial charge in [-0.05, 0) is 32.3 Å². The van der Waals surface area contributed by atoms with Gasteiger partial charge in [-0.25, -0.2) is 4.79 Å². The summed E-state index contributed by atoms with van der Waals surface area (Å²) in [5.74, 6) is -0.594. The number of likely N-dealkylation sites (tertiary alicyclic amines) is 1. The van der Waals surface area contributed by atoms with Crippen LogP contribution < -0.4 is 10.5 Å². The van der Waals surface area contributed by atoms with Crippen LogP contribution in [-0.4, -0.2) is 43.1 Å². The van der Waals surface area contributed by atoms with Crippen LogP contribution in [0.5, 0.6) is 5.75 Å². The molecule has 2 N–H and O–H groups in total. The van der Waals surface area contributed by atoms with Gasteiger partial charge in [0.25, 0.3) is 5.91 Å². The Morgan fingerprint density at radius 1 is 1.39 bits per heavy atom. The fourth-order valence-electron chi connectivity index (χ4n) is 2.65. The first kappa shape index (κ1) is 17.4. The zero-order valence-corrected chi connectivity index (χ0v) is 14.1. The van der Waals surface area contributed by atoms with Crippen LogP contribution in [0.15, 0.2) is 12.1 Å². The third kappa shape index (κ3) is 4.07. The first-order chi connectivity index (χ1) is 10.9. The third-order valence-electron chi connectivity index (χ3n) is 3.99. The Labute approximate surface area is 140 Å². The number of carbonyl (C=O) groups excluding carboxylic acids is 2. The molecule has 0 aliphatic carbocycles. The largest absolute Gasteiger partial charge is 0.496 e. The maximum atomic E-state index is 12.2. The van der Waals surface area contributed by atoms with Crippen molar-refractivity contribution in [2.45, 2.75) is 32.2 Å². The van der Waals surface area contributed by atoms with Gasteiger partial charge in [-0.1, -0.05) is 11.6 Å². The molecule has 1 aromatic rings. The molecule has 23 heavy (non-hydrogen) atoms. The molecule has 0 aromatic heterocycles. The highest BCUT2D eigenvalue weighted by Gasteiger charge is 2.25. The number of nitrogens with zero attached hydrogens (tertiary/aromatic N) is 1. The van der Waals surface area contributed by atoms with Gasteiger partial charge >= 0.3 is 5.97 Å². The first-order valence-electron chi connectivity index (χ1n) is 7.53. The third-order valence-corrected chi connectivity index (χ3v) is 4.32. The van der Waals surface area contributed by atoms with Crippen LogP contribution in [0.1, 0.15) is 36.5 Å². The maximum absolute atomic E-state index is 12.2. The van der Waals surface area contributed by atoms with E-state index in [0.29, 0.717) is 12.2 Å². The minimum absolute atomic E-state index is 0.145. The molecule has 0 spiro atoms. The van der Waals surface area contributed by atoms with Crippen molar-refractivity contribution in [3.05, 3.63) is 22.7 Å². The quantitative estimate of drug-likeness (QED) is 0.672. The number of piperidine rings is 1. The molecule has 126 valence electrons. The number of rotatable bonds is 4. The number of nitrogens with two attached hydrogens (primary N) is 1. The number of esters is 1. The predicted octanol–water partition coefficient (Wildman–Crippen LogP) is 2.49. The zero-order chi connectivity index (χ0) is 17.0. The lowest BCUT2D eigenvalue weighted by Crippen LogP contribution is -2.44. The Hall–Kier alpha value is -1.95. The number of nitrogen functional groups attached to an aromatic ring is 1. The summed E-state index contributed by atoms with van der Waals surface area (Å²) in [6.07, 6.45) is 3.07. The van der Waals surface area contributed by atoms with Crippen LogP contribution in [0.25, 0.3) is 0 Å². The number of methoxy groups -OCH3 is 1. The predicted molar refractivity (Wildman–Crippen MR) is 87.7 cm³/mol. The lowest BCUT2D eigenvalue weighted by atomic mass is 10.0. The number of carbonyl (C=O) groups is 2. The highest BCUT2D eigenvalue weighted by Crippen LogP contribution is 2.29. The molecule has 2 rings (SSSR count). The highest BCUT2D eigenvalue weighted by molar-refractivity contribution is 6.33. The number of amides is 1. The molecule has 7 heteroatoms. The van der Waals surface area contributed by atoms with Crippen molar-refractivity contribution in [3.63, 3.8) is 0 Å². The SMILES string of the molecule is COc1cc(N)c(Cl)cc1C(=O)OCC(=O)N1CCCC[C@@H]1C. The van der Waals surface area contributed by atoms with E-state index in [-0.39, 0.29) is 34.9 Å². The summed E-state index contributed by atoms with van der Waals surface area (Å²) >= 11 is 5.93. The first-order valence-corrected chi connectivity index (χ1v) is 7.91. The Bertz CT molecular complexity index is 606. The second-order valence-corrected chi connectivity index (χ2v) is 5.99. The summed E-state index contributed by atoms with van der Waals surface area (Å²) in [7, 11) is 1.42. The van der Waals surface area contributed by atoms with Gasteiger partial charge in [-0.2, -0.15) is 0 Å². The number of benzene rings is 1. The molecule has 6 nitrogen and oxygen atoms in total. The minimum atomic E-state index is -0.665. The van der Waals surface area contributed by atoms with Crippen LogP contribution in [-0.2, 0) is 9.53 Å². The van der Waals surface area contributed by atoms with Crippen LogP contribution in [0, 0.1) is 0 Å². The molecule has 0 unspecified atom stereocenters. The van der Waals surface area contributed by atoms with Gasteiger partial charge in [-0.3, -0.25) is 4.79 Å². The molecule has 1 saturated heterocycles. The fourth-order valence-corrected chi connectivity index (χ4v) is 2.82. The number of anilines is 1. The van der Waals surface area contributed by atoms with Crippen molar-refractivity contribution in [2.24, 2.45) is 0 Å². The second kappa shape index (κ2) is 7.55. The molecule has 1 fully saturated rings. The molecule has 0 bridgehead atoms. The zero-order valence-electron chi connectivity index (χ0n) is 13.3. The van der Waals surface area contributed by atoms with Crippen molar-refractivity contribution in [2.75, 3.05) is 26.0 Å². The maximum Gasteiger partial charge on any atom is 0.342 e. The van der Waals surface area contributed by atoms with E-state index >= 15 is 0 Å². The van der Waals surface area contributed by atoms with E-state index in [0.717, 1.165) is 19.3 Å². The summed E-state index contributed by atoms with van der Waals surface area (Å²) < 4.78 is 10.2. The summed E-state index contributed by atoms with van der Waals surface area (Å²) in [6, 6.07) is 3.01. The van der Waals surface area contributed by atoms with E-state index in [1.165, 1.54) is 19.2 Å². The normalized spacial score (nSPS) is 17.7. The van der Waals surface area contributed by atoms with Gasteiger partial charge in [0, 0.05) is 18.7 Å². The summed E-state index contributed by atoms with van der Waals surface area (Å²) in [5.41, 5.74) is 6.12. The van der Waals surface area contributed by atoms with Gasteiger partial charge in [-0.15, -0.1) is 0 Å². The number of hydrogen-bond acceptors (Lipinski definition) is 5. The molecule has 1 heterocycles. The van der Waals surface area contributed by atoms with Crippen molar-refractivity contribution in [1.29, 1.82) is 0 Å². The fraction of sp³-hybridized carbons (Fsp3) is 0.500. The van der Waals surface area contributed by atoms with Crippen molar-refractivity contribution in [3.8, 4) is 5.75 Å². The lowest BCUT2D eigenvalue weighted by Gasteiger charge is -2.33. The Kier molecular flexibility index (Phi) is 5.71. The molecule has 1 atom stereocenters. The van der Waals surface area contributed by atoms with Crippen molar-refractivity contribution >= 4 is 29.2 Å². The van der Waals surface area contributed by atoms with E-state index in [4.69, 9.17) is 26.8 Å². The van der Waals surface area contributed by atoms with E-state index < -0.39 is 5.97 Å². The van der Waals surface area contributed by atoms with E-state index in [2.05, 4.69) is 0 Å². The van der Waals surface area contributed by atoms with Crippen molar-refractivity contribution < 1.29 is 19.1 Å².